The molecule has 0 saturated carbocycles. The summed E-state index contributed by atoms with van der Waals surface area (Å²) in [6, 6.07) is 4.80. The molecule has 0 radical (unpaired) electrons. The second kappa shape index (κ2) is 13.2. The zero-order valence-electron chi connectivity index (χ0n) is 20.1. The van der Waals surface area contributed by atoms with E-state index in [0.29, 0.717) is 6.47 Å². The predicted octanol–water partition coefficient (Wildman–Crippen LogP) is 4.99. The molecule has 1 aromatic carbocycles. The fourth-order valence-corrected chi connectivity index (χ4v) is 5.19. The van der Waals surface area contributed by atoms with Crippen molar-refractivity contribution < 1.29 is 9.53 Å². The van der Waals surface area contributed by atoms with Crippen LogP contribution in [0.1, 0.15) is 55.4 Å². The highest BCUT2D eigenvalue weighted by atomic mass is 31.1. The molecule has 2 rings (SSSR count). The van der Waals surface area contributed by atoms with Gasteiger partial charge in [-0.05, 0) is 68.0 Å². The maximum absolute atomic E-state index is 11.0. The Labute approximate surface area is 191 Å². The number of likely N-dealkylation sites (tertiary alicyclic amines) is 1. The monoisotopic (exact) mass is 444 g/mol. The number of ether oxygens (including phenoxy) is 1. The third-order valence-corrected chi connectivity index (χ3v) is 7.37. The van der Waals surface area contributed by atoms with Crippen molar-refractivity contribution in [2.75, 3.05) is 33.3 Å². The van der Waals surface area contributed by atoms with E-state index in [2.05, 4.69) is 68.0 Å². The van der Waals surface area contributed by atoms with Crippen LogP contribution in [0.3, 0.4) is 0 Å². The quantitative estimate of drug-likeness (QED) is 0.280. The van der Waals surface area contributed by atoms with Gasteiger partial charge in [-0.3, -0.25) is 9.69 Å². The molecule has 0 aromatic heterocycles. The van der Waals surface area contributed by atoms with E-state index < -0.39 is 0 Å². The van der Waals surface area contributed by atoms with Crippen LogP contribution in [0.25, 0.3) is 0 Å². The lowest BCUT2D eigenvalue weighted by atomic mass is 9.90. The third-order valence-electron chi connectivity index (χ3n) is 6.33. The summed E-state index contributed by atoms with van der Waals surface area (Å²) in [5.41, 5.74) is 5.43. The Morgan fingerprint density at radius 3 is 2.65 bits per heavy atom. The Balaban J connectivity index is 2.10. The van der Waals surface area contributed by atoms with Gasteiger partial charge < -0.3 is 10.1 Å². The van der Waals surface area contributed by atoms with Gasteiger partial charge in [0, 0.05) is 39.0 Å². The number of hydrogen-bond donors (Lipinski definition) is 1. The summed E-state index contributed by atoms with van der Waals surface area (Å²) in [6.07, 6.45) is 11.9. The van der Waals surface area contributed by atoms with Crippen LogP contribution >= 0.6 is 8.58 Å². The number of carbonyl (C=O) groups excluding carboxylic acids is 1. The topological polar surface area (TPSA) is 41.6 Å². The van der Waals surface area contributed by atoms with Crippen molar-refractivity contribution in [2.45, 2.75) is 65.0 Å². The summed E-state index contributed by atoms with van der Waals surface area (Å²) in [6.45, 7) is 13.1. The molecule has 1 atom stereocenters. The van der Waals surface area contributed by atoms with Crippen LogP contribution in [0.2, 0.25) is 0 Å². The number of nitrogens with zero attached hydrogens (tertiary/aromatic N) is 1. The average molecular weight is 445 g/mol. The number of likely N-dealkylation sites (N-methyl/N-ethyl adjacent to an activating group) is 1. The molecule has 1 N–H and O–H groups in total. The van der Waals surface area contributed by atoms with E-state index in [4.69, 9.17) is 4.74 Å². The van der Waals surface area contributed by atoms with Gasteiger partial charge in [-0.15, -0.1) is 0 Å². The fraction of sp³-hybridized carbons (Fsp3) is 0.577. The zero-order valence-corrected chi connectivity index (χ0v) is 21.1. The highest BCUT2D eigenvalue weighted by Crippen LogP contribution is 2.28. The summed E-state index contributed by atoms with van der Waals surface area (Å²) in [7, 11) is 2.76. The van der Waals surface area contributed by atoms with Gasteiger partial charge in [-0.25, -0.2) is 0 Å². The molecule has 4 nitrogen and oxygen atoms in total. The molecule has 0 bridgehead atoms. The van der Waals surface area contributed by atoms with Gasteiger partial charge in [0.15, 0.2) is 0 Å². The van der Waals surface area contributed by atoms with E-state index in [1.807, 2.05) is 7.05 Å². The Hall–Kier alpha value is -1.48. The number of allylic oxidation sites excluding steroid dienone is 4. The molecule has 1 heterocycles. The molecule has 0 aliphatic carbocycles. The number of carbonyl (C=O) groups is 1. The van der Waals surface area contributed by atoms with E-state index in [-0.39, 0.29) is 5.60 Å². The van der Waals surface area contributed by atoms with Crippen molar-refractivity contribution in [3.05, 3.63) is 57.9 Å². The van der Waals surface area contributed by atoms with Gasteiger partial charge in [0.25, 0.3) is 6.47 Å². The highest BCUT2D eigenvalue weighted by molar-refractivity contribution is 7.42. The molecule has 0 spiro atoms. The van der Waals surface area contributed by atoms with Gasteiger partial charge in [0.05, 0.1) is 0 Å². The van der Waals surface area contributed by atoms with Crippen LogP contribution < -0.4 is 5.32 Å². The minimum absolute atomic E-state index is 0.350. The molecule has 0 amide bonds. The van der Waals surface area contributed by atoms with Crippen molar-refractivity contribution in [2.24, 2.45) is 0 Å². The average Bonchev–Trinajstić information content (AvgIpc) is 2.75. The van der Waals surface area contributed by atoms with E-state index in [9.17, 15) is 4.79 Å². The lowest BCUT2D eigenvalue weighted by molar-refractivity contribution is -0.148. The first-order chi connectivity index (χ1) is 15.0. The number of benzene rings is 1. The minimum atomic E-state index is -0.350. The lowest BCUT2D eigenvalue weighted by Gasteiger charge is -2.40. The molecule has 5 heteroatoms. The maximum atomic E-state index is 11.0. The first-order valence-electron chi connectivity index (χ1n) is 11.6. The van der Waals surface area contributed by atoms with Crippen LogP contribution in [-0.2, 0) is 28.9 Å². The normalized spacial score (nSPS) is 17.6. The Morgan fingerprint density at radius 2 is 2.06 bits per heavy atom. The van der Waals surface area contributed by atoms with Gasteiger partial charge in [-0.2, -0.15) is 0 Å². The first-order valence-corrected chi connectivity index (χ1v) is 13.1. The van der Waals surface area contributed by atoms with E-state index in [1.54, 1.807) is 0 Å². The van der Waals surface area contributed by atoms with Crippen LogP contribution in [0.15, 0.2) is 35.7 Å². The number of rotatable bonds is 12. The van der Waals surface area contributed by atoms with Gasteiger partial charge in [0.1, 0.15) is 5.60 Å². The molecule has 1 aliphatic heterocycles. The van der Waals surface area contributed by atoms with Crippen molar-refractivity contribution in [1.29, 1.82) is 0 Å². The molecule has 1 fully saturated rings. The number of piperidine rings is 1. The van der Waals surface area contributed by atoms with Crippen molar-refractivity contribution in [1.82, 2.24) is 10.2 Å². The summed E-state index contributed by atoms with van der Waals surface area (Å²) >= 11 is 0. The number of hydrogen-bond acceptors (Lipinski definition) is 4. The van der Waals surface area contributed by atoms with Gasteiger partial charge in [0.2, 0.25) is 0 Å². The summed E-state index contributed by atoms with van der Waals surface area (Å²) in [5.74, 6) is 0. The molecule has 31 heavy (non-hydrogen) atoms. The lowest BCUT2D eigenvalue weighted by Crippen LogP contribution is -2.50. The van der Waals surface area contributed by atoms with Gasteiger partial charge >= 0.3 is 0 Å². The Morgan fingerprint density at radius 1 is 1.32 bits per heavy atom. The molecular weight excluding hydrogens is 403 g/mol. The molecule has 1 aromatic rings. The standard InChI is InChI=1S/C26H41N2O2P/c1-6-9-23-17-22(16-21(3)25(23)11-8-10-24(7-2)31-5)18-28-14-12-26(13-15-28,19-27-4)30-20-29/h7-8,10,16-17,20,27,31H,6,9,11-15,18-19H2,1-5H3/b10-8-,24-7+. The van der Waals surface area contributed by atoms with Crippen LogP contribution in [0.4, 0.5) is 0 Å². The summed E-state index contributed by atoms with van der Waals surface area (Å²) in [4.78, 5) is 13.5. The van der Waals surface area contributed by atoms with Crippen LogP contribution in [0, 0.1) is 6.92 Å². The minimum Gasteiger partial charge on any atom is -0.460 e. The van der Waals surface area contributed by atoms with E-state index in [0.717, 1.165) is 66.9 Å². The number of aryl methyl sites for hydroxylation is 2. The van der Waals surface area contributed by atoms with Crippen molar-refractivity contribution in [3.8, 4) is 0 Å². The fourth-order valence-electron chi connectivity index (χ4n) is 4.61. The molecule has 1 aliphatic rings. The first kappa shape index (κ1) is 25.8. The molecular formula is C26H41N2O2P. The maximum Gasteiger partial charge on any atom is 0.293 e. The second-order valence-corrected chi connectivity index (χ2v) is 9.68. The largest absolute Gasteiger partial charge is 0.460 e. The number of nitrogens with one attached hydrogen (secondary N) is 1. The van der Waals surface area contributed by atoms with Crippen LogP contribution in [0.5, 0.6) is 0 Å². The summed E-state index contributed by atoms with van der Waals surface area (Å²) in [5, 5.41) is 4.60. The Bertz CT molecular complexity index is 765. The Kier molecular flexibility index (Phi) is 10.9. The third kappa shape index (κ3) is 7.56. The van der Waals surface area contributed by atoms with Crippen molar-refractivity contribution >= 4 is 15.1 Å². The molecule has 1 saturated heterocycles. The second-order valence-electron chi connectivity index (χ2n) is 8.60. The molecule has 1 unspecified atom stereocenters. The van der Waals surface area contributed by atoms with Crippen LogP contribution in [-0.4, -0.2) is 50.3 Å². The smallest absolute Gasteiger partial charge is 0.293 e. The van der Waals surface area contributed by atoms with E-state index in [1.165, 1.54) is 27.6 Å². The molecule has 172 valence electrons. The predicted molar refractivity (Wildman–Crippen MR) is 134 cm³/mol. The van der Waals surface area contributed by atoms with E-state index >= 15 is 0 Å². The van der Waals surface area contributed by atoms with Crippen molar-refractivity contribution in [3.63, 3.8) is 0 Å². The highest BCUT2D eigenvalue weighted by Gasteiger charge is 2.35. The van der Waals surface area contributed by atoms with Gasteiger partial charge in [-0.1, -0.05) is 52.3 Å². The zero-order chi connectivity index (χ0) is 22.7. The SMILES string of the molecule is C/C=C(\C=C/Cc1c(C)cc(CN2CCC(CNC)(OC=O)CC2)cc1CCC)PC. The summed E-state index contributed by atoms with van der Waals surface area (Å²) < 4.78 is 5.49.